The number of aryl methyl sites for hydroxylation is 1. The Morgan fingerprint density at radius 3 is 2.74 bits per heavy atom. The van der Waals surface area contributed by atoms with Crippen molar-refractivity contribution in [2.24, 2.45) is 0 Å². The zero-order chi connectivity index (χ0) is 13.9. The first-order chi connectivity index (χ1) is 9.01. The van der Waals surface area contributed by atoms with Crippen LogP contribution >= 0.6 is 11.3 Å². The summed E-state index contributed by atoms with van der Waals surface area (Å²) in [5.41, 5.74) is 1.60. The average molecular weight is 296 g/mol. The third kappa shape index (κ3) is 3.56. The van der Waals surface area contributed by atoms with E-state index in [4.69, 9.17) is 0 Å². The molecule has 0 saturated carbocycles. The number of hydrogen-bond donors (Lipinski definition) is 2. The van der Waals surface area contributed by atoms with Crippen LogP contribution in [0, 0.1) is 6.92 Å². The molecule has 0 radical (unpaired) electrons. The molecule has 2 aromatic rings. The third-order valence-electron chi connectivity index (χ3n) is 2.56. The Morgan fingerprint density at radius 2 is 2.05 bits per heavy atom. The van der Waals surface area contributed by atoms with Crippen molar-refractivity contribution >= 4 is 27.0 Å². The SMILES string of the molecule is CNCc1cc(S(=O)(=O)Nc2cccc(C)c2)cs1. The normalized spacial score (nSPS) is 11.5. The summed E-state index contributed by atoms with van der Waals surface area (Å²) in [7, 11) is -1.66. The maximum Gasteiger partial charge on any atom is 0.262 e. The van der Waals surface area contributed by atoms with Gasteiger partial charge in [0, 0.05) is 22.5 Å². The highest BCUT2D eigenvalue weighted by Gasteiger charge is 2.16. The van der Waals surface area contributed by atoms with Crippen molar-refractivity contribution in [2.45, 2.75) is 18.4 Å². The van der Waals surface area contributed by atoms with Crippen LogP contribution in [0.5, 0.6) is 0 Å². The summed E-state index contributed by atoms with van der Waals surface area (Å²) in [6.07, 6.45) is 0. The van der Waals surface area contributed by atoms with Gasteiger partial charge in [0.2, 0.25) is 0 Å². The van der Waals surface area contributed by atoms with E-state index >= 15 is 0 Å². The number of anilines is 1. The number of hydrogen-bond acceptors (Lipinski definition) is 4. The molecule has 2 rings (SSSR count). The molecule has 0 aliphatic rings. The predicted octanol–water partition coefficient (Wildman–Crippen LogP) is 2.58. The Bertz CT molecular complexity index is 663. The van der Waals surface area contributed by atoms with Crippen molar-refractivity contribution in [3.05, 3.63) is 46.2 Å². The van der Waals surface area contributed by atoms with Gasteiger partial charge in [0.25, 0.3) is 10.0 Å². The number of benzene rings is 1. The minimum atomic E-state index is -3.49. The molecule has 19 heavy (non-hydrogen) atoms. The molecule has 0 atom stereocenters. The average Bonchev–Trinajstić information content (AvgIpc) is 2.78. The Balaban J connectivity index is 2.22. The van der Waals surface area contributed by atoms with Crippen LogP contribution < -0.4 is 10.0 Å². The van der Waals surface area contributed by atoms with Crippen LogP contribution in [0.1, 0.15) is 10.4 Å². The van der Waals surface area contributed by atoms with Crippen LogP contribution in [0.25, 0.3) is 0 Å². The van der Waals surface area contributed by atoms with Gasteiger partial charge >= 0.3 is 0 Å². The fraction of sp³-hybridized carbons (Fsp3) is 0.231. The highest BCUT2D eigenvalue weighted by molar-refractivity contribution is 7.92. The lowest BCUT2D eigenvalue weighted by molar-refractivity contribution is 0.601. The van der Waals surface area contributed by atoms with Crippen molar-refractivity contribution < 1.29 is 8.42 Å². The number of nitrogens with one attached hydrogen (secondary N) is 2. The van der Waals surface area contributed by atoms with Gasteiger partial charge in [-0.2, -0.15) is 0 Å². The van der Waals surface area contributed by atoms with Gasteiger partial charge in [-0.15, -0.1) is 11.3 Å². The topological polar surface area (TPSA) is 58.2 Å². The molecule has 1 aromatic heterocycles. The summed E-state index contributed by atoms with van der Waals surface area (Å²) < 4.78 is 27.0. The largest absolute Gasteiger partial charge is 0.315 e. The van der Waals surface area contributed by atoms with Gasteiger partial charge in [-0.3, -0.25) is 4.72 Å². The second-order valence-corrected chi connectivity index (χ2v) is 6.93. The van der Waals surface area contributed by atoms with E-state index in [0.717, 1.165) is 10.4 Å². The Morgan fingerprint density at radius 1 is 1.26 bits per heavy atom. The van der Waals surface area contributed by atoms with Gasteiger partial charge in [0.1, 0.15) is 0 Å². The van der Waals surface area contributed by atoms with Gasteiger partial charge in [-0.1, -0.05) is 12.1 Å². The van der Waals surface area contributed by atoms with E-state index in [1.165, 1.54) is 11.3 Å². The molecule has 0 fully saturated rings. The standard InChI is InChI=1S/C13H16N2O2S2/c1-10-4-3-5-11(6-10)15-19(16,17)13-7-12(8-14-2)18-9-13/h3-7,9,14-15H,8H2,1-2H3. The highest BCUT2D eigenvalue weighted by atomic mass is 32.2. The summed E-state index contributed by atoms with van der Waals surface area (Å²) in [6.45, 7) is 2.60. The molecule has 102 valence electrons. The van der Waals surface area contributed by atoms with Crippen LogP contribution in [-0.2, 0) is 16.6 Å². The molecule has 0 bridgehead atoms. The maximum atomic E-state index is 12.2. The molecule has 0 amide bonds. The van der Waals surface area contributed by atoms with Gasteiger partial charge in [0.15, 0.2) is 0 Å². The summed E-state index contributed by atoms with van der Waals surface area (Å²) in [6, 6.07) is 8.99. The minimum absolute atomic E-state index is 0.309. The molecule has 1 heterocycles. The Kier molecular flexibility index (Phi) is 4.24. The van der Waals surface area contributed by atoms with Crippen molar-refractivity contribution in [1.82, 2.24) is 5.32 Å². The number of rotatable bonds is 5. The van der Waals surface area contributed by atoms with Gasteiger partial charge in [-0.25, -0.2) is 8.42 Å². The summed E-state index contributed by atoms with van der Waals surface area (Å²) in [5.74, 6) is 0. The van der Waals surface area contributed by atoms with E-state index < -0.39 is 10.0 Å². The first kappa shape index (κ1) is 14.0. The molecular weight excluding hydrogens is 280 g/mol. The zero-order valence-electron chi connectivity index (χ0n) is 10.8. The van der Waals surface area contributed by atoms with E-state index in [1.54, 1.807) is 23.6 Å². The predicted molar refractivity (Wildman–Crippen MR) is 79.1 cm³/mol. The summed E-state index contributed by atoms with van der Waals surface area (Å²) >= 11 is 1.43. The first-order valence-corrected chi connectivity index (χ1v) is 8.19. The fourth-order valence-corrected chi connectivity index (χ4v) is 4.03. The maximum absolute atomic E-state index is 12.2. The summed E-state index contributed by atoms with van der Waals surface area (Å²) in [5, 5.41) is 4.66. The molecule has 0 aliphatic heterocycles. The quantitative estimate of drug-likeness (QED) is 0.891. The van der Waals surface area contributed by atoms with Crippen LogP contribution in [0.15, 0.2) is 40.6 Å². The van der Waals surface area contributed by atoms with Crippen LogP contribution in [0.2, 0.25) is 0 Å². The third-order valence-corrected chi connectivity index (χ3v) is 5.01. The van der Waals surface area contributed by atoms with Gasteiger partial charge in [0.05, 0.1) is 4.90 Å². The van der Waals surface area contributed by atoms with E-state index in [9.17, 15) is 8.42 Å². The van der Waals surface area contributed by atoms with Gasteiger partial charge < -0.3 is 5.32 Å². The van der Waals surface area contributed by atoms with Crippen molar-refractivity contribution in [3.8, 4) is 0 Å². The van der Waals surface area contributed by atoms with Crippen LogP contribution in [0.3, 0.4) is 0 Å². The molecule has 4 nitrogen and oxygen atoms in total. The second kappa shape index (κ2) is 5.73. The molecular formula is C13H16N2O2S2. The summed E-state index contributed by atoms with van der Waals surface area (Å²) in [4.78, 5) is 1.30. The van der Waals surface area contributed by atoms with Crippen molar-refractivity contribution in [3.63, 3.8) is 0 Å². The number of sulfonamides is 1. The Labute approximate surface area is 117 Å². The fourth-order valence-electron chi connectivity index (χ4n) is 1.69. The molecule has 6 heteroatoms. The zero-order valence-corrected chi connectivity index (χ0v) is 12.4. The minimum Gasteiger partial charge on any atom is -0.315 e. The smallest absolute Gasteiger partial charge is 0.262 e. The molecule has 1 aromatic carbocycles. The highest BCUT2D eigenvalue weighted by Crippen LogP contribution is 2.22. The van der Waals surface area contributed by atoms with Crippen molar-refractivity contribution in [1.29, 1.82) is 0 Å². The monoisotopic (exact) mass is 296 g/mol. The van der Waals surface area contributed by atoms with Gasteiger partial charge in [-0.05, 0) is 37.7 Å². The van der Waals surface area contributed by atoms with E-state index in [-0.39, 0.29) is 0 Å². The van der Waals surface area contributed by atoms with E-state index in [0.29, 0.717) is 17.1 Å². The lowest BCUT2D eigenvalue weighted by Gasteiger charge is -2.06. The van der Waals surface area contributed by atoms with E-state index in [1.807, 2.05) is 26.1 Å². The molecule has 0 saturated heterocycles. The molecule has 0 spiro atoms. The van der Waals surface area contributed by atoms with E-state index in [2.05, 4.69) is 10.0 Å². The van der Waals surface area contributed by atoms with Crippen molar-refractivity contribution in [2.75, 3.05) is 11.8 Å². The lowest BCUT2D eigenvalue weighted by atomic mass is 10.2. The molecule has 0 aliphatic carbocycles. The lowest BCUT2D eigenvalue weighted by Crippen LogP contribution is -2.12. The number of thiophene rings is 1. The second-order valence-electron chi connectivity index (χ2n) is 4.25. The molecule has 0 unspecified atom stereocenters. The van der Waals surface area contributed by atoms with Crippen LogP contribution in [-0.4, -0.2) is 15.5 Å². The van der Waals surface area contributed by atoms with Crippen LogP contribution in [0.4, 0.5) is 5.69 Å². The Hall–Kier alpha value is -1.37. The first-order valence-electron chi connectivity index (χ1n) is 5.83. The molecule has 2 N–H and O–H groups in total.